The Morgan fingerprint density at radius 3 is 2.50 bits per heavy atom. The SMILES string of the molecule is CCCC(CCO)CNC(=O)c1ccc(-n2nc(C)cc2C)cc1. The molecule has 0 bridgehead atoms. The summed E-state index contributed by atoms with van der Waals surface area (Å²) in [4.78, 5) is 12.3. The molecule has 5 nitrogen and oxygen atoms in total. The van der Waals surface area contributed by atoms with E-state index < -0.39 is 0 Å². The van der Waals surface area contributed by atoms with Crippen molar-refractivity contribution >= 4 is 5.91 Å². The summed E-state index contributed by atoms with van der Waals surface area (Å²) in [6.45, 7) is 6.86. The molecule has 2 rings (SSSR count). The van der Waals surface area contributed by atoms with Gasteiger partial charge in [-0.1, -0.05) is 13.3 Å². The fraction of sp³-hybridized carbons (Fsp3) is 0.474. The average Bonchev–Trinajstić information content (AvgIpc) is 2.91. The van der Waals surface area contributed by atoms with Gasteiger partial charge < -0.3 is 10.4 Å². The molecule has 1 atom stereocenters. The molecule has 2 N–H and O–H groups in total. The highest BCUT2D eigenvalue weighted by Gasteiger charge is 2.11. The maximum absolute atomic E-state index is 12.3. The van der Waals surface area contributed by atoms with E-state index in [0.717, 1.165) is 36.3 Å². The molecule has 2 aromatic rings. The second kappa shape index (κ2) is 8.64. The van der Waals surface area contributed by atoms with Gasteiger partial charge in [0.15, 0.2) is 0 Å². The first-order chi connectivity index (χ1) is 11.5. The van der Waals surface area contributed by atoms with Gasteiger partial charge in [-0.25, -0.2) is 4.68 Å². The Labute approximate surface area is 143 Å². The maximum atomic E-state index is 12.3. The van der Waals surface area contributed by atoms with Crippen molar-refractivity contribution in [2.24, 2.45) is 5.92 Å². The summed E-state index contributed by atoms with van der Waals surface area (Å²) in [5.41, 5.74) is 3.62. The summed E-state index contributed by atoms with van der Waals surface area (Å²) in [7, 11) is 0. The van der Waals surface area contributed by atoms with E-state index in [-0.39, 0.29) is 12.5 Å². The first-order valence-corrected chi connectivity index (χ1v) is 8.58. The van der Waals surface area contributed by atoms with Crippen LogP contribution in [0.3, 0.4) is 0 Å². The summed E-state index contributed by atoms with van der Waals surface area (Å²) >= 11 is 0. The van der Waals surface area contributed by atoms with Crippen LogP contribution in [0, 0.1) is 19.8 Å². The Balaban J connectivity index is 1.99. The molecule has 130 valence electrons. The third-order valence-electron chi connectivity index (χ3n) is 4.17. The van der Waals surface area contributed by atoms with E-state index in [2.05, 4.69) is 17.3 Å². The molecule has 0 aliphatic rings. The van der Waals surface area contributed by atoms with Crippen molar-refractivity contribution < 1.29 is 9.90 Å². The number of carbonyl (C=O) groups is 1. The number of hydrogen-bond donors (Lipinski definition) is 2. The molecule has 5 heteroatoms. The number of aromatic nitrogens is 2. The van der Waals surface area contributed by atoms with Crippen LogP contribution in [-0.2, 0) is 0 Å². The van der Waals surface area contributed by atoms with Crippen molar-refractivity contribution in [2.45, 2.75) is 40.0 Å². The number of carbonyl (C=O) groups excluding carboxylic acids is 1. The third kappa shape index (κ3) is 4.68. The number of nitrogens with one attached hydrogen (secondary N) is 1. The van der Waals surface area contributed by atoms with E-state index in [9.17, 15) is 4.79 Å². The minimum absolute atomic E-state index is 0.0750. The van der Waals surface area contributed by atoms with E-state index in [1.807, 2.05) is 48.9 Å². The zero-order chi connectivity index (χ0) is 17.5. The maximum Gasteiger partial charge on any atom is 0.251 e. The van der Waals surface area contributed by atoms with E-state index in [0.29, 0.717) is 18.0 Å². The lowest BCUT2D eigenvalue weighted by molar-refractivity contribution is 0.0943. The molecule has 0 saturated carbocycles. The van der Waals surface area contributed by atoms with E-state index in [1.54, 1.807) is 0 Å². The first-order valence-electron chi connectivity index (χ1n) is 8.58. The van der Waals surface area contributed by atoms with Gasteiger partial charge in [-0.2, -0.15) is 5.10 Å². The van der Waals surface area contributed by atoms with Gasteiger partial charge in [0.1, 0.15) is 0 Å². The minimum Gasteiger partial charge on any atom is -0.396 e. The van der Waals surface area contributed by atoms with Crippen molar-refractivity contribution in [3.63, 3.8) is 0 Å². The summed E-state index contributed by atoms with van der Waals surface area (Å²) < 4.78 is 1.87. The Morgan fingerprint density at radius 1 is 1.25 bits per heavy atom. The number of hydrogen-bond acceptors (Lipinski definition) is 3. The molecule has 1 aromatic carbocycles. The van der Waals surface area contributed by atoms with Crippen molar-refractivity contribution in [1.29, 1.82) is 0 Å². The number of benzene rings is 1. The fourth-order valence-corrected chi connectivity index (χ4v) is 2.92. The molecular weight excluding hydrogens is 302 g/mol. The number of aryl methyl sites for hydroxylation is 2. The smallest absolute Gasteiger partial charge is 0.251 e. The Bertz CT molecular complexity index is 656. The lowest BCUT2D eigenvalue weighted by Gasteiger charge is -2.15. The van der Waals surface area contributed by atoms with Crippen LogP contribution in [0.15, 0.2) is 30.3 Å². The summed E-state index contributed by atoms with van der Waals surface area (Å²) in [5, 5.41) is 16.5. The van der Waals surface area contributed by atoms with Crippen LogP contribution < -0.4 is 5.32 Å². The second-order valence-electron chi connectivity index (χ2n) is 6.26. The number of nitrogens with zero attached hydrogens (tertiary/aromatic N) is 2. The molecule has 0 radical (unpaired) electrons. The third-order valence-corrected chi connectivity index (χ3v) is 4.17. The quantitative estimate of drug-likeness (QED) is 0.782. The lowest BCUT2D eigenvalue weighted by atomic mass is 10.00. The molecule has 1 unspecified atom stereocenters. The lowest BCUT2D eigenvalue weighted by Crippen LogP contribution is -2.29. The molecule has 0 aliphatic carbocycles. The molecule has 1 amide bonds. The predicted molar refractivity (Wildman–Crippen MR) is 95.5 cm³/mol. The van der Waals surface area contributed by atoms with Gasteiger partial charge in [0.05, 0.1) is 11.4 Å². The molecule has 0 saturated heterocycles. The summed E-state index contributed by atoms with van der Waals surface area (Å²) in [5.74, 6) is 0.256. The monoisotopic (exact) mass is 329 g/mol. The first kappa shape index (κ1) is 18.2. The highest BCUT2D eigenvalue weighted by atomic mass is 16.3. The van der Waals surface area contributed by atoms with Gasteiger partial charge in [0.25, 0.3) is 5.91 Å². The normalized spacial score (nSPS) is 12.2. The van der Waals surface area contributed by atoms with Gasteiger partial charge in [-0.05, 0) is 62.9 Å². The minimum atomic E-state index is -0.0750. The largest absolute Gasteiger partial charge is 0.396 e. The molecule has 0 spiro atoms. The van der Waals surface area contributed by atoms with Crippen LogP contribution in [-0.4, -0.2) is 33.9 Å². The van der Waals surface area contributed by atoms with Gasteiger partial charge in [0, 0.05) is 24.4 Å². The van der Waals surface area contributed by atoms with Crippen molar-refractivity contribution in [1.82, 2.24) is 15.1 Å². The standard InChI is InChI=1S/C19H27N3O2/c1-4-5-16(10-11-23)13-20-19(24)17-6-8-18(9-7-17)22-15(3)12-14(2)21-22/h6-9,12,16,23H,4-5,10-11,13H2,1-3H3,(H,20,24). The highest BCUT2D eigenvalue weighted by Crippen LogP contribution is 2.14. The Morgan fingerprint density at radius 2 is 1.96 bits per heavy atom. The number of aliphatic hydroxyl groups is 1. The molecule has 1 aromatic heterocycles. The van der Waals surface area contributed by atoms with Gasteiger partial charge >= 0.3 is 0 Å². The van der Waals surface area contributed by atoms with Crippen LogP contribution in [0.5, 0.6) is 0 Å². The second-order valence-corrected chi connectivity index (χ2v) is 6.26. The molecule has 1 heterocycles. The van der Waals surface area contributed by atoms with Crippen LogP contribution in [0.25, 0.3) is 5.69 Å². The van der Waals surface area contributed by atoms with E-state index in [4.69, 9.17) is 5.11 Å². The topological polar surface area (TPSA) is 67.2 Å². The van der Waals surface area contributed by atoms with Crippen molar-refractivity contribution in [2.75, 3.05) is 13.2 Å². The summed E-state index contributed by atoms with van der Waals surface area (Å²) in [6.07, 6.45) is 2.79. The predicted octanol–water partition coefficient (Wildman–Crippen LogP) is 3.02. The van der Waals surface area contributed by atoms with E-state index >= 15 is 0 Å². The fourth-order valence-electron chi connectivity index (χ4n) is 2.92. The number of amides is 1. The van der Waals surface area contributed by atoms with Gasteiger partial charge in [-0.3, -0.25) is 4.79 Å². The van der Waals surface area contributed by atoms with Crippen LogP contribution >= 0.6 is 0 Å². The number of aliphatic hydroxyl groups excluding tert-OH is 1. The van der Waals surface area contributed by atoms with Gasteiger partial charge in [-0.15, -0.1) is 0 Å². The molecular formula is C19H27N3O2. The Kier molecular flexibility index (Phi) is 6.55. The number of rotatable bonds is 8. The molecule has 0 fully saturated rings. The van der Waals surface area contributed by atoms with Crippen LogP contribution in [0.4, 0.5) is 0 Å². The average molecular weight is 329 g/mol. The zero-order valence-corrected chi connectivity index (χ0v) is 14.7. The van der Waals surface area contributed by atoms with Crippen LogP contribution in [0.2, 0.25) is 0 Å². The zero-order valence-electron chi connectivity index (χ0n) is 14.7. The van der Waals surface area contributed by atoms with Gasteiger partial charge in [0.2, 0.25) is 0 Å². The highest BCUT2D eigenvalue weighted by molar-refractivity contribution is 5.94. The molecule has 0 aliphatic heterocycles. The Hall–Kier alpha value is -2.14. The summed E-state index contributed by atoms with van der Waals surface area (Å²) in [6, 6.07) is 9.48. The van der Waals surface area contributed by atoms with Crippen molar-refractivity contribution in [3.05, 3.63) is 47.3 Å². The molecule has 24 heavy (non-hydrogen) atoms. The van der Waals surface area contributed by atoms with E-state index in [1.165, 1.54) is 0 Å². The van der Waals surface area contributed by atoms with Crippen molar-refractivity contribution in [3.8, 4) is 5.69 Å². The van der Waals surface area contributed by atoms with Crippen LogP contribution in [0.1, 0.15) is 47.9 Å².